The number of halogens is 1. The van der Waals surface area contributed by atoms with E-state index in [-0.39, 0.29) is 17.9 Å². The highest BCUT2D eigenvalue weighted by atomic mass is 19.1. The quantitative estimate of drug-likeness (QED) is 0.904. The van der Waals surface area contributed by atoms with Gasteiger partial charge in [-0.25, -0.2) is 9.18 Å². The molecule has 2 aromatic carbocycles. The number of hydrogen-bond acceptors (Lipinski definition) is 3. The van der Waals surface area contributed by atoms with Gasteiger partial charge in [0.1, 0.15) is 17.3 Å². The molecule has 25 heavy (non-hydrogen) atoms. The first-order valence-corrected chi connectivity index (χ1v) is 8.17. The number of amides is 2. The number of hydrogen-bond donors (Lipinski definition) is 1. The summed E-state index contributed by atoms with van der Waals surface area (Å²) < 4.78 is 24.0. The summed E-state index contributed by atoms with van der Waals surface area (Å²) in [7, 11) is 3.11. The van der Waals surface area contributed by atoms with Crippen LogP contribution < -0.4 is 14.8 Å². The summed E-state index contributed by atoms with van der Waals surface area (Å²) in [5, 5.41) is 2.88. The second kappa shape index (κ2) is 7.42. The van der Waals surface area contributed by atoms with Gasteiger partial charge in [0.15, 0.2) is 0 Å². The van der Waals surface area contributed by atoms with Gasteiger partial charge in [0.05, 0.1) is 25.9 Å². The Kier molecular flexibility index (Phi) is 5.07. The van der Waals surface area contributed by atoms with Gasteiger partial charge in [-0.2, -0.15) is 0 Å². The number of benzene rings is 2. The van der Waals surface area contributed by atoms with E-state index in [1.165, 1.54) is 12.1 Å². The minimum absolute atomic E-state index is 0.132. The van der Waals surface area contributed by atoms with Gasteiger partial charge < -0.3 is 19.7 Å². The van der Waals surface area contributed by atoms with Crippen molar-refractivity contribution < 1.29 is 18.7 Å². The van der Waals surface area contributed by atoms with Crippen LogP contribution in [0.25, 0.3) is 0 Å². The van der Waals surface area contributed by atoms with Crippen molar-refractivity contribution in [1.82, 2.24) is 4.90 Å². The Balaban J connectivity index is 1.81. The minimum atomic E-state index is -0.292. The SMILES string of the molecule is COc1ccc(OC)c(NC(=O)N2CCC[C@H]2c2cccc(F)c2)c1. The fraction of sp³-hybridized carbons (Fsp3) is 0.316. The van der Waals surface area contributed by atoms with E-state index in [1.807, 2.05) is 6.07 Å². The molecule has 1 heterocycles. The van der Waals surface area contributed by atoms with Gasteiger partial charge in [-0.1, -0.05) is 12.1 Å². The molecule has 0 radical (unpaired) electrons. The maximum Gasteiger partial charge on any atom is 0.322 e. The zero-order chi connectivity index (χ0) is 17.8. The Morgan fingerprint density at radius 1 is 1.20 bits per heavy atom. The number of carbonyl (C=O) groups excluding carboxylic acids is 1. The Hall–Kier alpha value is -2.76. The monoisotopic (exact) mass is 344 g/mol. The van der Waals surface area contributed by atoms with Crippen molar-refractivity contribution >= 4 is 11.7 Å². The molecule has 1 atom stereocenters. The van der Waals surface area contributed by atoms with Gasteiger partial charge in [-0.3, -0.25) is 0 Å². The van der Waals surface area contributed by atoms with Gasteiger partial charge in [0.2, 0.25) is 0 Å². The molecule has 0 aliphatic carbocycles. The summed E-state index contributed by atoms with van der Waals surface area (Å²) in [6, 6.07) is 11.3. The molecule has 0 unspecified atom stereocenters. The van der Waals surface area contributed by atoms with E-state index in [4.69, 9.17) is 9.47 Å². The van der Waals surface area contributed by atoms with E-state index in [9.17, 15) is 9.18 Å². The van der Waals surface area contributed by atoms with Gasteiger partial charge in [-0.15, -0.1) is 0 Å². The highest BCUT2D eigenvalue weighted by Gasteiger charge is 2.30. The summed E-state index contributed by atoms with van der Waals surface area (Å²) in [5.74, 6) is 0.883. The molecular weight excluding hydrogens is 323 g/mol. The second-order valence-electron chi connectivity index (χ2n) is 5.90. The molecule has 0 saturated carbocycles. The Labute approximate surface area is 146 Å². The van der Waals surface area contributed by atoms with Crippen molar-refractivity contribution in [3.8, 4) is 11.5 Å². The van der Waals surface area contributed by atoms with Crippen LogP contribution in [0, 0.1) is 5.82 Å². The van der Waals surface area contributed by atoms with Crippen LogP contribution in [0.2, 0.25) is 0 Å². The third-order valence-corrected chi connectivity index (χ3v) is 4.40. The van der Waals surface area contributed by atoms with Crippen molar-refractivity contribution in [3.63, 3.8) is 0 Å². The molecule has 2 amide bonds. The number of methoxy groups -OCH3 is 2. The number of likely N-dealkylation sites (tertiary alicyclic amines) is 1. The molecule has 1 N–H and O–H groups in total. The van der Waals surface area contributed by atoms with Gasteiger partial charge >= 0.3 is 6.03 Å². The molecule has 1 aliphatic rings. The molecule has 6 heteroatoms. The lowest BCUT2D eigenvalue weighted by molar-refractivity contribution is 0.207. The summed E-state index contributed by atoms with van der Waals surface area (Å²) in [5.41, 5.74) is 1.35. The second-order valence-corrected chi connectivity index (χ2v) is 5.90. The van der Waals surface area contributed by atoms with Crippen molar-refractivity contribution in [1.29, 1.82) is 0 Å². The lowest BCUT2D eigenvalue weighted by Gasteiger charge is -2.26. The first kappa shape index (κ1) is 17.1. The largest absolute Gasteiger partial charge is 0.497 e. The van der Waals surface area contributed by atoms with Crippen molar-refractivity contribution in [3.05, 3.63) is 53.8 Å². The molecule has 0 spiro atoms. The first-order chi connectivity index (χ1) is 12.1. The van der Waals surface area contributed by atoms with E-state index < -0.39 is 0 Å². The van der Waals surface area contributed by atoms with Crippen LogP contribution in [0.3, 0.4) is 0 Å². The highest BCUT2D eigenvalue weighted by Crippen LogP contribution is 2.34. The molecular formula is C19H21FN2O3. The van der Waals surface area contributed by atoms with Crippen LogP contribution in [0.5, 0.6) is 11.5 Å². The highest BCUT2D eigenvalue weighted by molar-refractivity contribution is 5.91. The van der Waals surface area contributed by atoms with Crippen molar-refractivity contribution in [2.24, 2.45) is 0 Å². The minimum Gasteiger partial charge on any atom is -0.497 e. The van der Waals surface area contributed by atoms with E-state index in [0.717, 1.165) is 18.4 Å². The fourth-order valence-electron chi connectivity index (χ4n) is 3.17. The molecule has 1 saturated heterocycles. The molecule has 132 valence electrons. The predicted molar refractivity (Wildman–Crippen MR) is 93.6 cm³/mol. The normalized spacial score (nSPS) is 16.6. The number of ether oxygens (including phenoxy) is 2. The smallest absolute Gasteiger partial charge is 0.322 e. The molecule has 1 fully saturated rings. The fourth-order valence-corrected chi connectivity index (χ4v) is 3.17. The van der Waals surface area contributed by atoms with Gasteiger partial charge in [-0.05, 0) is 42.7 Å². The third kappa shape index (κ3) is 3.68. The lowest BCUT2D eigenvalue weighted by Crippen LogP contribution is -2.34. The summed E-state index contributed by atoms with van der Waals surface area (Å²) in [6.07, 6.45) is 1.69. The van der Waals surface area contributed by atoms with E-state index in [1.54, 1.807) is 43.4 Å². The summed E-state index contributed by atoms with van der Waals surface area (Å²) in [4.78, 5) is 14.5. The Morgan fingerprint density at radius 2 is 2.04 bits per heavy atom. The van der Waals surface area contributed by atoms with Crippen molar-refractivity contribution in [2.45, 2.75) is 18.9 Å². The standard InChI is InChI=1S/C19H21FN2O3/c1-24-15-8-9-18(25-2)16(12-15)21-19(23)22-10-4-7-17(22)13-5-3-6-14(20)11-13/h3,5-6,8-9,11-12,17H,4,7,10H2,1-2H3,(H,21,23)/t17-/m0/s1. The zero-order valence-electron chi connectivity index (χ0n) is 14.3. The van der Waals surface area contributed by atoms with Crippen LogP contribution in [-0.4, -0.2) is 31.7 Å². The van der Waals surface area contributed by atoms with Crippen LogP contribution in [0.1, 0.15) is 24.4 Å². The maximum absolute atomic E-state index is 13.5. The Morgan fingerprint density at radius 3 is 2.76 bits per heavy atom. The zero-order valence-corrected chi connectivity index (χ0v) is 14.3. The van der Waals surface area contributed by atoms with Crippen LogP contribution >= 0.6 is 0 Å². The lowest BCUT2D eigenvalue weighted by atomic mass is 10.0. The van der Waals surface area contributed by atoms with E-state index >= 15 is 0 Å². The molecule has 5 nitrogen and oxygen atoms in total. The molecule has 3 rings (SSSR count). The number of anilines is 1. The average Bonchev–Trinajstić information content (AvgIpc) is 3.11. The van der Waals surface area contributed by atoms with E-state index in [0.29, 0.717) is 23.7 Å². The number of nitrogens with zero attached hydrogens (tertiary/aromatic N) is 1. The number of nitrogens with one attached hydrogen (secondary N) is 1. The van der Waals surface area contributed by atoms with Crippen LogP contribution in [-0.2, 0) is 0 Å². The van der Waals surface area contributed by atoms with E-state index in [2.05, 4.69) is 5.32 Å². The molecule has 2 aromatic rings. The molecule has 1 aliphatic heterocycles. The maximum atomic E-state index is 13.5. The topological polar surface area (TPSA) is 50.8 Å². The average molecular weight is 344 g/mol. The van der Waals surface area contributed by atoms with Gasteiger partial charge in [0, 0.05) is 12.6 Å². The number of carbonyl (C=O) groups is 1. The summed E-state index contributed by atoms with van der Waals surface area (Å²) >= 11 is 0. The first-order valence-electron chi connectivity index (χ1n) is 8.17. The Bertz CT molecular complexity index is 766. The third-order valence-electron chi connectivity index (χ3n) is 4.40. The number of rotatable bonds is 4. The molecule has 0 aromatic heterocycles. The van der Waals surface area contributed by atoms with Crippen molar-refractivity contribution in [2.75, 3.05) is 26.1 Å². The molecule has 0 bridgehead atoms. The van der Waals surface area contributed by atoms with Crippen LogP contribution in [0.15, 0.2) is 42.5 Å². The predicted octanol–water partition coefficient (Wildman–Crippen LogP) is 4.21. The summed E-state index contributed by atoms with van der Waals surface area (Å²) in [6.45, 7) is 0.624. The van der Waals surface area contributed by atoms with Crippen LogP contribution in [0.4, 0.5) is 14.9 Å². The number of urea groups is 1. The van der Waals surface area contributed by atoms with Gasteiger partial charge in [0.25, 0.3) is 0 Å².